The molecular formula is C17H14N2. The number of hydrogen-bond donors (Lipinski definition) is 1. The van der Waals surface area contributed by atoms with Crippen molar-refractivity contribution in [1.82, 2.24) is 4.98 Å². The molecule has 0 saturated carbocycles. The molecule has 1 aromatic heterocycles. The van der Waals surface area contributed by atoms with Gasteiger partial charge in [-0.05, 0) is 40.5 Å². The average Bonchev–Trinajstić information content (AvgIpc) is 2.49. The molecule has 0 unspecified atom stereocenters. The van der Waals surface area contributed by atoms with Gasteiger partial charge in [0.25, 0.3) is 0 Å². The van der Waals surface area contributed by atoms with E-state index in [0.717, 1.165) is 11.3 Å². The molecule has 2 nitrogen and oxygen atoms in total. The summed E-state index contributed by atoms with van der Waals surface area (Å²) in [4.78, 5) is 4.14. The van der Waals surface area contributed by atoms with Gasteiger partial charge >= 0.3 is 0 Å². The number of benzene rings is 2. The third-order valence-corrected chi connectivity index (χ3v) is 3.12. The molecule has 19 heavy (non-hydrogen) atoms. The molecule has 3 aromatic rings. The number of nitrogens with zero attached hydrogens (tertiary/aromatic N) is 1. The van der Waals surface area contributed by atoms with E-state index in [-0.39, 0.29) is 0 Å². The molecule has 0 atom stereocenters. The second kappa shape index (κ2) is 4.94. The van der Waals surface area contributed by atoms with Crippen LogP contribution in [-0.4, -0.2) is 4.98 Å². The number of nitrogens with two attached hydrogens (primary N) is 1. The van der Waals surface area contributed by atoms with Crippen molar-refractivity contribution < 1.29 is 0 Å². The van der Waals surface area contributed by atoms with Crippen molar-refractivity contribution in [2.75, 3.05) is 5.73 Å². The van der Waals surface area contributed by atoms with E-state index in [1.807, 2.05) is 36.5 Å². The minimum atomic E-state index is 0.788. The molecule has 0 aliphatic rings. The van der Waals surface area contributed by atoms with Crippen LogP contribution in [0.4, 0.5) is 5.69 Å². The summed E-state index contributed by atoms with van der Waals surface area (Å²) in [6.45, 7) is 0. The lowest BCUT2D eigenvalue weighted by Gasteiger charge is -2.05. The molecule has 0 saturated heterocycles. The highest BCUT2D eigenvalue weighted by Crippen LogP contribution is 2.24. The van der Waals surface area contributed by atoms with Gasteiger partial charge < -0.3 is 5.73 Å². The second-order valence-electron chi connectivity index (χ2n) is 4.44. The Kier molecular flexibility index (Phi) is 2.99. The van der Waals surface area contributed by atoms with Gasteiger partial charge in [-0.25, -0.2) is 0 Å². The van der Waals surface area contributed by atoms with E-state index < -0.39 is 0 Å². The Hall–Kier alpha value is -2.61. The van der Waals surface area contributed by atoms with Gasteiger partial charge in [0.2, 0.25) is 0 Å². The minimum Gasteiger partial charge on any atom is -0.399 e. The molecule has 2 aromatic carbocycles. The van der Waals surface area contributed by atoms with Crippen LogP contribution in [0.5, 0.6) is 0 Å². The maximum atomic E-state index is 5.70. The van der Waals surface area contributed by atoms with E-state index in [1.165, 1.54) is 16.7 Å². The van der Waals surface area contributed by atoms with Crippen molar-refractivity contribution in [1.29, 1.82) is 0 Å². The first-order valence-corrected chi connectivity index (χ1v) is 6.19. The van der Waals surface area contributed by atoms with Crippen LogP contribution >= 0.6 is 0 Å². The third kappa shape index (κ3) is 2.47. The fourth-order valence-electron chi connectivity index (χ4n) is 2.06. The molecule has 0 fully saturated rings. The molecule has 0 bridgehead atoms. The fraction of sp³-hybridized carbons (Fsp3) is 0. The highest BCUT2D eigenvalue weighted by molar-refractivity contribution is 5.70. The zero-order chi connectivity index (χ0) is 13.1. The highest BCUT2D eigenvalue weighted by Gasteiger charge is 2.00. The number of hydrogen-bond acceptors (Lipinski definition) is 2. The standard InChI is InChI=1S/C17H14N2/c18-17-9-7-14(8-10-17)13-3-5-15(6-4-13)16-2-1-11-19-12-16/h1-12H,18H2. The van der Waals surface area contributed by atoms with Crippen molar-refractivity contribution in [3.63, 3.8) is 0 Å². The van der Waals surface area contributed by atoms with Gasteiger partial charge in [0.05, 0.1) is 0 Å². The van der Waals surface area contributed by atoms with Crippen molar-refractivity contribution in [3.8, 4) is 22.3 Å². The number of anilines is 1. The van der Waals surface area contributed by atoms with Crippen LogP contribution in [0.25, 0.3) is 22.3 Å². The molecule has 3 rings (SSSR count). The molecule has 0 radical (unpaired) electrons. The van der Waals surface area contributed by atoms with Gasteiger partial charge in [0.15, 0.2) is 0 Å². The minimum absolute atomic E-state index is 0.788. The summed E-state index contributed by atoms with van der Waals surface area (Å²) in [5, 5.41) is 0. The van der Waals surface area contributed by atoms with Crippen molar-refractivity contribution in [2.24, 2.45) is 0 Å². The van der Waals surface area contributed by atoms with Gasteiger partial charge in [-0.1, -0.05) is 42.5 Å². The number of pyridine rings is 1. The van der Waals surface area contributed by atoms with E-state index in [0.29, 0.717) is 0 Å². The number of aromatic nitrogens is 1. The molecule has 2 N–H and O–H groups in total. The zero-order valence-corrected chi connectivity index (χ0v) is 10.5. The maximum absolute atomic E-state index is 5.70. The predicted octanol–water partition coefficient (Wildman–Crippen LogP) is 4.00. The van der Waals surface area contributed by atoms with Crippen LogP contribution in [0, 0.1) is 0 Å². The Labute approximate surface area is 112 Å². The summed E-state index contributed by atoms with van der Waals surface area (Å²) < 4.78 is 0. The molecule has 0 amide bonds. The van der Waals surface area contributed by atoms with Crippen LogP contribution in [-0.2, 0) is 0 Å². The van der Waals surface area contributed by atoms with Gasteiger partial charge in [0.1, 0.15) is 0 Å². The molecule has 0 spiro atoms. The van der Waals surface area contributed by atoms with Crippen LogP contribution < -0.4 is 5.73 Å². The van der Waals surface area contributed by atoms with Crippen LogP contribution in [0.15, 0.2) is 73.1 Å². The Morgan fingerprint density at radius 2 is 1.16 bits per heavy atom. The van der Waals surface area contributed by atoms with Crippen LogP contribution in [0.2, 0.25) is 0 Å². The first kappa shape index (κ1) is 11.5. The smallest absolute Gasteiger partial charge is 0.0346 e. The molecular weight excluding hydrogens is 232 g/mol. The van der Waals surface area contributed by atoms with Crippen molar-refractivity contribution in [2.45, 2.75) is 0 Å². The molecule has 0 aliphatic heterocycles. The average molecular weight is 246 g/mol. The van der Waals surface area contributed by atoms with Crippen LogP contribution in [0.3, 0.4) is 0 Å². The Morgan fingerprint density at radius 1 is 0.632 bits per heavy atom. The molecule has 1 heterocycles. The summed E-state index contributed by atoms with van der Waals surface area (Å²) >= 11 is 0. The van der Waals surface area contributed by atoms with E-state index in [1.54, 1.807) is 6.20 Å². The SMILES string of the molecule is Nc1ccc(-c2ccc(-c3cccnc3)cc2)cc1. The lowest BCUT2D eigenvalue weighted by Crippen LogP contribution is -1.84. The van der Waals surface area contributed by atoms with Gasteiger partial charge in [0, 0.05) is 18.1 Å². The Bertz CT molecular complexity index is 656. The van der Waals surface area contributed by atoms with E-state index in [4.69, 9.17) is 5.73 Å². The van der Waals surface area contributed by atoms with Crippen LogP contribution in [0.1, 0.15) is 0 Å². The number of rotatable bonds is 2. The monoisotopic (exact) mass is 246 g/mol. The second-order valence-corrected chi connectivity index (χ2v) is 4.44. The first-order chi connectivity index (χ1) is 9.33. The quantitative estimate of drug-likeness (QED) is 0.694. The molecule has 92 valence electrons. The predicted molar refractivity (Wildman–Crippen MR) is 79.5 cm³/mol. The normalized spacial score (nSPS) is 10.3. The number of nitrogen functional groups attached to an aromatic ring is 1. The van der Waals surface area contributed by atoms with E-state index >= 15 is 0 Å². The largest absolute Gasteiger partial charge is 0.399 e. The Morgan fingerprint density at radius 3 is 1.68 bits per heavy atom. The topological polar surface area (TPSA) is 38.9 Å². The summed E-state index contributed by atoms with van der Waals surface area (Å²) in [6.07, 6.45) is 3.66. The summed E-state index contributed by atoms with van der Waals surface area (Å²) in [5.74, 6) is 0. The van der Waals surface area contributed by atoms with Gasteiger partial charge in [-0.15, -0.1) is 0 Å². The lowest BCUT2D eigenvalue weighted by atomic mass is 10.0. The van der Waals surface area contributed by atoms with E-state index in [2.05, 4.69) is 35.3 Å². The summed E-state index contributed by atoms with van der Waals surface area (Å²) in [7, 11) is 0. The lowest BCUT2D eigenvalue weighted by molar-refractivity contribution is 1.33. The zero-order valence-electron chi connectivity index (χ0n) is 10.5. The first-order valence-electron chi connectivity index (χ1n) is 6.19. The maximum Gasteiger partial charge on any atom is 0.0346 e. The summed E-state index contributed by atoms with van der Waals surface area (Å²) in [5.41, 5.74) is 11.2. The van der Waals surface area contributed by atoms with Crippen molar-refractivity contribution in [3.05, 3.63) is 73.1 Å². The fourth-order valence-corrected chi connectivity index (χ4v) is 2.06. The summed E-state index contributed by atoms with van der Waals surface area (Å²) in [6, 6.07) is 20.4. The highest BCUT2D eigenvalue weighted by atomic mass is 14.6. The third-order valence-electron chi connectivity index (χ3n) is 3.12. The molecule has 0 aliphatic carbocycles. The Balaban J connectivity index is 1.93. The van der Waals surface area contributed by atoms with E-state index in [9.17, 15) is 0 Å². The molecule has 2 heteroatoms. The van der Waals surface area contributed by atoms with Crippen molar-refractivity contribution >= 4 is 5.69 Å². The van der Waals surface area contributed by atoms with Gasteiger partial charge in [-0.3, -0.25) is 4.98 Å². The van der Waals surface area contributed by atoms with Gasteiger partial charge in [-0.2, -0.15) is 0 Å².